The molecule has 4 aliphatic carbocycles. The quantitative estimate of drug-likeness (QED) is 0.457. The molecule has 40 heavy (non-hydrogen) atoms. The minimum atomic E-state index is -0.405. The van der Waals surface area contributed by atoms with Gasteiger partial charge in [0.25, 0.3) is 0 Å². The number of rotatable bonds is 9. The summed E-state index contributed by atoms with van der Waals surface area (Å²) in [5, 5.41) is 10.5. The average molecular weight is 551 g/mol. The lowest BCUT2D eigenvalue weighted by molar-refractivity contribution is -0.133. The van der Waals surface area contributed by atoms with E-state index in [1.165, 1.54) is 44.3 Å². The molecule has 6 fully saturated rings. The van der Waals surface area contributed by atoms with Crippen LogP contribution in [0.5, 0.6) is 0 Å². The van der Waals surface area contributed by atoms with Gasteiger partial charge in [-0.2, -0.15) is 0 Å². The Morgan fingerprint density at radius 3 is 2.45 bits per heavy atom. The summed E-state index contributed by atoms with van der Waals surface area (Å²) in [4.78, 5) is 23.7. The summed E-state index contributed by atoms with van der Waals surface area (Å²) in [5.74, 6) is 3.14. The van der Waals surface area contributed by atoms with Gasteiger partial charge in [-0.15, -0.1) is 0 Å². The average Bonchev–Trinajstić information content (AvgIpc) is 3.24. The van der Waals surface area contributed by atoms with Crippen molar-refractivity contribution < 1.29 is 9.90 Å². The van der Waals surface area contributed by atoms with Crippen molar-refractivity contribution in [2.24, 2.45) is 23.2 Å². The monoisotopic (exact) mass is 550 g/mol. The molecule has 7 rings (SSSR count). The molecule has 4 unspecified atom stereocenters. The molecule has 1 spiro atoms. The van der Waals surface area contributed by atoms with Crippen molar-refractivity contribution in [3.63, 3.8) is 0 Å². The van der Waals surface area contributed by atoms with E-state index in [0.29, 0.717) is 18.0 Å². The van der Waals surface area contributed by atoms with Crippen LogP contribution in [0.1, 0.15) is 84.5 Å². The fraction of sp³-hybridized carbons (Fsp3) is 0.794. The topological polar surface area (TPSA) is 50.3 Å². The third kappa shape index (κ3) is 5.22. The van der Waals surface area contributed by atoms with Gasteiger partial charge in [0.05, 0.1) is 12.8 Å². The van der Waals surface area contributed by atoms with E-state index < -0.39 is 5.54 Å². The number of likely N-dealkylation sites (tertiary alicyclic amines) is 1. The largest absolute Gasteiger partial charge is 0.391 e. The molecule has 6 nitrogen and oxygen atoms in total. The third-order valence-corrected chi connectivity index (χ3v) is 12.3. The van der Waals surface area contributed by atoms with E-state index in [0.717, 1.165) is 82.5 Å². The van der Waals surface area contributed by atoms with E-state index in [4.69, 9.17) is 0 Å². The fourth-order valence-electron chi connectivity index (χ4n) is 9.46. The zero-order valence-electron chi connectivity index (χ0n) is 25.4. The second-order valence-corrected chi connectivity index (χ2v) is 14.6. The Kier molecular flexibility index (Phi) is 8.24. The number of hydrogen-bond donors (Lipinski definition) is 1. The van der Waals surface area contributed by atoms with Gasteiger partial charge in [-0.1, -0.05) is 44.9 Å². The molecule has 1 amide bonds. The number of aliphatic hydroxyl groups is 1. The molecule has 0 radical (unpaired) electrons. The van der Waals surface area contributed by atoms with Crippen LogP contribution in [0.4, 0.5) is 5.69 Å². The van der Waals surface area contributed by atoms with E-state index in [2.05, 4.69) is 70.8 Å². The summed E-state index contributed by atoms with van der Waals surface area (Å²) in [6.45, 7) is 10.7. The zero-order chi connectivity index (χ0) is 27.9. The number of nitrogens with zero attached hydrogens (tertiary/aromatic N) is 4. The molecule has 2 bridgehead atoms. The minimum Gasteiger partial charge on any atom is -0.391 e. The number of carbonyl (C=O) groups is 1. The summed E-state index contributed by atoms with van der Waals surface area (Å²) in [6, 6.07) is 10.9. The number of fused-ring (bicyclic) bond motifs is 2. The van der Waals surface area contributed by atoms with Crippen molar-refractivity contribution in [1.82, 2.24) is 14.7 Å². The summed E-state index contributed by atoms with van der Waals surface area (Å²) in [5.41, 5.74) is 1.34. The highest BCUT2D eigenvalue weighted by atomic mass is 16.3. The SMILES string of the molecule is CN(CCCN1CN(c2ccccc2)C2(CCN(CCC3CCC4CC3C4(C)C)CC2)C1=O)C1CCCC[C@H]1O. The molecule has 6 heteroatoms. The molecular formula is C34H54N4O2. The fourth-order valence-corrected chi connectivity index (χ4v) is 9.46. The molecule has 1 aromatic carbocycles. The molecule has 5 atom stereocenters. The van der Waals surface area contributed by atoms with Gasteiger partial charge in [0.1, 0.15) is 5.54 Å². The van der Waals surface area contributed by atoms with Crippen molar-refractivity contribution in [3.8, 4) is 0 Å². The van der Waals surface area contributed by atoms with Crippen molar-refractivity contribution >= 4 is 11.6 Å². The highest BCUT2D eigenvalue weighted by Crippen LogP contribution is 2.62. The molecular weight excluding hydrogens is 496 g/mol. The first-order valence-corrected chi connectivity index (χ1v) is 16.5. The summed E-state index contributed by atoms with van der Waals surface area (Å²) in [7, 11) is 2.15. The predicted molar refractivity (Wildman–Crippen MR) is 162 cm³/mol. The Hall–Kier alpha value is -1.63. The number of likely N-dealkylation sites (N-methyl/N-ethyl adjacent to an activating group) is 1. The number of carbonyl (C=O) groups excluding carboxylic acids is 1. The molecule has 2 heterocycles. The Morgan fingerprint density at radius 1 is 1.00 bits per heavy atom. The van der Waals surface area contributed by atoms with Gasteiger partial charge < -0.3 is 24.7 Å². The summed E-state index contributed by atoms with van der Waals surface area (Å²) < 4.78 is 0. The number of anilines is 1. The minimum absolute atomic E-state index is 0.204. The van der Waals surface area contributed by atoms with Crippen LogP contribution in [0.25, 0.3) is 0 Å². The van der Waals surface area contributed by atoms with Crippen LogP contribution >= 0.6 is 0 Å². The second-order valence-electron chi connectivity index (χ2n) is 14.6. The Labute approximate surface area is 243 Å². The van der Waals surface area contributed by atoms with Crippen molar-refractivity contribution in [2.75, 3.05) is 51.3 Å². The van der Waals surface area contributed by atoms with Crippen molar-refractivity contribution in [1.29, 1.82) is 0 Å². The van der Waals surface area contributed by atoms with E-state index in [1.807, 2.05) is 0 Å². The maximum atomic E-state index is 14.1. The number of para-hydroxylation sites is 1. The van der Waals surface area contributed by atoms with Gasteiger partial charge in [0, 0.05) is 31.4 Å². The predicted octanol–water partition coefficient (Wildman–Crippen LogP) is 5.22. The molecule has 0 aromatic heterocycles. The van der Waals surface area contributed by atoms with Gasteiger partial charge in [0.15, 0.2) is 0 Å². The Bertz CT molecular complexity index is 1000. The van der Waals surface area contributed by atoms with Gasteiger partial charge >= 0.3 is 0 Å². The lowest BCUT2D eigenvalue weighted by Gasteiger charge is -2.60. The van der Waals surface area contributed by atoms with E-state index in [1.54, 1.807) is 0 Å². The molecule has 1 N–H and O–H groups in total. The van der Waals surface area contributed by atoms with Crippen molar-refractivity contribution in [3.05, 3.63) is 30.3 Å². The van der Waals surface area contributed by atoms with Crippen LogP contribution in [0.15, 0.2) is 30.3 Å². The molecule has 1 aromatic rings. The van der Waals surface area contributed by atoms with Crippen LogP contribution < -0.4 is 4.90 Å². The van der Waals surface area contributed by atoms with Crippen LogP contribution in [0.3, 0.4) is 0 Å². The first-order chi connectivity index (χ1) is 19.3. The molecule has 6 aliphatic rings. The smallest absolute Gasteiger partial charge is 0.250 e. The summed E-state index contributed by atoms with van der Waals surface area (Å²) >= 11 is 0. The van der Waals surface area contributed by atoms with Gasteiger partial charge in [-0.3, -0.25) is 4.79 Å². The molecule has 4 saturated carbocycles. The molecule has 2 aliphatic heterocycles. The number of piperidine rings is 1. The Balaban J connectivity index is 1.06. The number of benzene rings is 1. The van der Waals surface area contributed by atoms with Crippen LogP contribution in [-0.2, 0) is 4.79 Å². The van der Waals surface area contributed by atoms with Gasteiger partial charge in [-0.05, 0) is 113 Å². The van der Waals surface area contributed by atoms with Gasteiger partial charge in [-0.25, -0.2) is 0 Å². The van der Waals surface area contributed by atoms with Crippen LogP contribution in [0, 0.1) is 23.2 Å². The molecule has 222 valence electrons. The highest BCUT2D eigenvalue weighted by molar-refractivity contribution is 5.93. The van der Waals surface area contributed by atoms with Crippen molar-refractivity contribution in [2.45, 2.75) is 102 Å². The lowest BCUT2D eigenvalue weighted by Crippen LogP contribution is -2.57. The molecule has 2 saturated heterocycles. The Morgan fingerprint density at radius 2 is 1.75 bits per heavy atom. The third-order valence-electron chi connectivity index (χ3n) is 12.3. The highest BCUT2D eigenvalue weighted by Gasteiger charge is 2.55. The van der Waals surface area contributed by atoms with Crippen LogP contribution in [0.2, 0.25) is 0 Å². The number of aliphatic hydroxyl groups excluding tert-OH is 1. The van der Waals surface area contributed by atoms with E-state index in [9.17, 15) is 9.90 Å². The van der Waals surface area contributed by atoms with E-state index in [-0.39, 0.29) is 12.1 Å². The van der Waals surface area contributed by atoms with E-state index >= 15 is 0 Å². The number of amides is 1. The first-order valence-electron chi connectivity index (χ1n) is 16.5. The number of hydrogen-bond acceptors (Lipinski definition) is 5. The maximum absolute atomic E-state index is 14.1. The standard InChI is InChI=1S/C34H54N4O2/c1-33(2)27-15-14-26(29(33)24-27)16-21-36-22-17-34(18-23-36)32(40)37(25-38(34)28-10-5-4-6-11-28)20-9-19-35(3)30-12-7-8-13-31(30)39/h4-6,10-11,26-27,29-31,39H,7-9,12-25H2,1-3H3/t26?,27?,29?,30?,31-/m1/s1. The van der Waals surface area contributed by atoms with Gasteiger partial charge in [0.2, 0.25) is 5.91 Å². The zero-order valence-corrected chi connectivity index (χ0v) is 25.4. The van der Waals surface area contributed by atoms with Crippen LogP contribution in [-0.4, -0.2) is 89.8 Å². The summed E-state index contributed by atoms with van der Waals surface area (Å²) in [6.07, 6.45) is 12.6. The normalized spacial score (nSPS) is 33.5. The second kappa shape index (κ2) is 11.6. The lowest BCUT2D eigenvalue weighted by atomic mass is 9.45. The first kappa shape index (κ1) is 28.5. The maximum Gasteiger partial charge on any atom is 0.250 e.